The van der Waals surface area contributed by atoms with Gasteiger partial charge in [-0.05, 0) is 17.4 Å². The van der Waals surface area contributed by atoms with E-state index in [0.717, 1.165) is 6.42 Å². The van der Waals surface area contributed by atoms with E-state index < -0.39 is 0 Å². The molecule has 55 heavy (non-hydrogen) atoms. The Hall–Kier alpha value is -2.44. The van der Waals surface area contributed by atoms with Gasteiger partial charge in [0.25, 0.3) is 0 Å². The Balaban J connectivity index is 0.000000298. The molecule has 6 rings (SSSR count). The fourth-order valence-electron chi connectivity index (χ4n) is 6.87. The molecule has 1 aliphatic carbocycles. The van der Waals surface area contributed by atoms with Crippen LogP contribution in [0.4, 0.5) is 0 Å². The van der Waals surface area contributed by atoms with Crippen LogP contribution < -0.4 is 24.8 Å². The maximum Gasteiger partial charge on any atom is -0.0632 e. The molecule has 5 aromatic carbocycles. The standard InChI is InChI=1S/C21H25.C21H26.C10H15.2ClH.Zr/c1-20(2,3)16-9-7-14-11-15-8-10-17(21(4,5)6)13-19(15)18(14)12-16;1-20(2,3)18-11-7-16(8-12-18)15-17-9-13-19(14-10-17)21(4,5)6;1-7(2)10-6-8(3)5-9(10)4;;;/h7,9-10,12-13H,11H2,1-6H3;7-14H,1-6H3;5-7H,1-4H3;2*1H;/q-1;;-1;;;+2/p-2. The summed E-state index contributed by atoms with van der Waals surface area (Å²) in [5, 5.41) is 0. The van der Waals surface area contributed by atoms with Crippen molar-refractivity contribution >= 4 is 3.21 Å². The van der Waals surface area contributed by atoms with Crippen molar-refractivity contribution in [2.45, 2.75) is 145 Å². The summed E-state index contributed by atoms with van der Waals surface area (Å²) in [5.41, 5.74) is 19.0. The molecule has 0 unspecified atom stereocenters. The van der Waals surface area contributed by atoms with Crippen LogP contribution in [0.1, 0.15) is 164 Å². The number of hydrogen-bond donors (Lipinski definition) is 0. The predicted octanol–water partition coefficient (Wildman–Crippen LogP) is 8.20. The van der Waals surface area contributed by atoms with Gasteiger partial charge >= 0.3 is 151 Å². The predicted molar refractivity (Wildman–Crippen MR) is 230 cm³/mol. The number of aryl methyl sites for hydroxylation is 2. The summed E-state index contributed by atoms with van der Waals surface area (Å²) in [6, 6.07) is 37.7. The van der Waals surface area contributed by atoms with Gasteiger partial charge in [0.2, 0.25) is 0 Å². The molecule has 5 aromatic rings. The van der Waals surface area contributed by atoms with Crippen LogP contribution in [0.2, 0.25) is 0 Å². The van der Waals surface area contributed by atoms with E-state index in [1.807, 2.05) is 0 Å². The van der Waals surface area contributed by atoms with Crippen LogP contribution in [0.15, 0.2) is 91.0 Å². The third-order valence-electron chi connectivity index (χ3n) is 10.5. The van der Waals surface area contributed by atoms with E-state index in [-0.39, 0.29) is 46.5 Å². The van der Waals surface area contributed by atoms with Gasteiger partial charge in [-0.2, -0.15) is 52.1 Å². The zero-order valence-corrected chi connectivity index (χ0v) is 40.7. The molecule has 0 aromatic heterocycles. The Labute approximate surface area is 363 Å². The fraction of sp³-hybridized carbons (Fsp3) is 0.423. The number of rotatable bonds is 3. The van der Waals surface area contributed by atoms with Crippen molar-refractivity contribution in [3.05, 3.63) is 158 Å². The third-order valence-corrected chi connectivity index (χ3v) is 11.9. The second-order valence-electron chi connectivity index (χ2n) is 19.7. The van der Waals surface area contributed by atoms with Crippen LogP contribution in [0.25, 0.3) is 11.1 Å². The molecule has 0 atom stereocenters. The normalized spacial score (nSPS) is 12.3. The van der Waals surface area contributed by atoms with Crippen LogP contribution in [-0.4, -0.2) is 3.21 Å². The Morgan fingerprint density at radius 2 is 1.00 bits per heavy atom. The first kappa shape index (κ1) is 48.7. The molecule has 294 valence electrons. The van der Waals surface area contributed by atoms with Crippen molar-refractivity contribution < 1.29 is 49.0 Å². The van der Waals surface area contributed by atoms with E-state index in [2.05, 4.69) is 208 Å². The maximum atomic E-state index is 3.53. The van der Waals surface area contributed by atoms with Crippen molar-refractivity contribution in [2.24, 2.45) is 0 Å². The molecule has 0 heterocycles. The first-order valence-electron chi connectivity index (χ1n) is 19.6. The molecule has 3 heteroatoms. The molecule has 0 bridgehead atoms. The Morgan fingerprint density at radius 3 is 1.36 bits per heavy atom. The van der Waals surface area contributed by atoms with Gasteiger partial charge in [0, 0.05) is 0 Å². The zero-order chi connectivity index (χ0) is 39.7. The average Bonchev–Trinajstić information content (AvgIpc) is 3.61. The van der Waals surface area contributed by atoms with E-state index in [0.29, 0.717) is 5.92 Å². The van der Waals surface area contributed by atoms with Crippen LogP contribution >= 0.6 is 0 Å². The van der Waals surface area contributed by atoms with Crippen LogP contribution in [0, 0.1) is 19.9 Å². The minimum absolute atomic E-state index is 0. The zero-order valence-electron chi connectivity index (χ0n) is 36.7. The van der Waals surface area contributed by atoms with Gasteiger partial charge in [0.15, 0.2) is 0 Å². The molecule has 0 N–H and O–H groups in total. The number of hydrogen-bond acceptors (Lipinski definition) is 0. The number of halogens is 2. The van der Waals surface area contributed by atoms with E-state index in [9.17, 15) is 0 Å². The minimum Gasteiger partial charge on any atom is -1.00 e. The monoisotopic (exact) mass is 850 g/mol. The van der Waals surface area contributed by atoms with Crippen LogP contribution in [0.3, 0.4) is 0 Å². The van der Waals surface area contributed by atoms with Crippen LogP contribution in [0.5, 0.6) is 0 Å². The fourth-order valence-corrected chi connectivity index (χ4v) is 7.69. The second-order valence-corrected chi connectivity index (χ2v) is 20.9. The van der Waals surface area contributed by atoms with Gasteiger partial charge in [-0.25, -0.2) is 6.07 Å². The van der Waals surface area contributed by atoms with E-state index in [4.69, 9.17) is 0 Å². The summed E-state index contributed by atoms with van der Waals surface area (Å²) in [4.78, 5) is 0. The van der Waals surface area contributed by atoms with Crippen molar-refractivity contribution in [3.8, 4) is 11.1 Å². The average molecular weight is 853 g/mol. The topological polar surface area (TPSA) is 0 Å². The quantitative estimate of drug-likeness (QED) is 0.158. The summed E-state index contributed by atoms with van der Waals surface area (Å²) in [6.45, 7) is 36.0. The molecule has 0 aliphatic heterocycles. The van der Waals surface area contributed by atoms with Gasteiger partial charge in [0.1, 0.15) is 0 Å². The first-order valence-corrected chi connectivity index (χ1v) is 20.8. The molecule has 0 nitrogen and oxygen atoms in total. The second kappa shape index (κ2) is 18.9. The van der Waals surface area contributed by atoms with Gasteiger partial charge in [0.05, 0.1) is 0 Å². The SMILES string of the molecule is CC(C)(C)c1c[c-]c2c(c1)-c1cc(C(C)(C)C)ccc1C2.CC(C)(C)c1ccc([C](=[Zr+2])c2ccc(C(C)(C)C)cc2)cc1.Cc1cc(C(C)C)c(C)[cH-]1.[Cl-].[Cl-]. The molecule has 0 saturated carbocycles. The largest absolute Gasteiger partial charge is 1.00 e. The summed E-state index contributed by atoms with van der Waals surface area (Å²) >= 11 is 1.46. The molecule has 0 amide bonds. The number of benzene rings is 4. The van der Waals surface area contributed by atoms with Crippen LogP contribution in [-0.2, 0) is 52.3 Å². The van der Waals surface area contributed by atoms with Crippen molar-refractivity contribution in [1.29, 1.82) is 0 Å². The summed E-state index contributed by atoms with van der Waals surface area (Å²) in [5.74, 6) is 0.675. The Kier molecular flexibility index (Phi) is 16.7. The van der Waals surface area contributed by atoms with Gasteiger partial charge in [-0.1, -0.05) is 110 Å². The molecule has 0 fully saturated rings. The van der Waals surface area contributed by atoms with Crippen molar-refractivity contribution in [3.63, 3.8) is 0 Å². The smallest absolute Gasteiger partial charge is 0.0632 e. The van der Waals surface area contributed by atoms with E-state index in [1.165, 1.54) is 99.8 Å². The Bertz CT molecular complexity index is 1890. The van der Waals surface area contributed by atoms with E-state index in [1.54, 1.807) is 0 Å². The first-order chi connectivity index (χ1) is 24.4. The molecular formula is C52H66Cl2Zr-2. The Morgan fingerprint density at radius 1 is 0.582 bits per heavy atom. The summed E-state index contributed by atoms with van der Waals surface area (Å²) in [7, 11) is 0. The van der Waals surface area contributed by atoms with Gasteiger partial charge in [-0.15, -0.1) is 5.56 Å². The molecule has 0 saturated heterocycles. The minimum atomic E-state index is 0. The maximum absolute atomic E-state index is 3.53. The molecular weight excluding hydrogens is 787 g/mol. The molecule has 0 radical (unpaired) electrons. The van der Waals surface area contributed by atoms with Gasteiger partial charge in [-0.3, -0.25) is 0 Å². The summed E-state index contributed by atoms with van der Waals surface area (Å²) < 4.78 is 1.42. The van der Waals surface area contributed by atoms with Crippen molar-refractivity contribution in [1.82, 2.24) is 0 Å². The van der Waals surface area contributed by atoms with Gasteiger partial charge < -0.3 is 24.8 Å². The molecule has 0 spiro atoms. The third kappa shape index (κ3) is 12.8. The number of fused-ring (bicyclic) bond motifs is 3. The molecule has 1 aliphatic rings. The summed E-state index contributed by atoms with van der Waals surface area (Å²) in [6.07, 6.45) is 1.03. The van der Waals surface area contributed by atoms with E-state index >= 15 is 0 Å². The van der Waals surface area contributed by atoms with Crippen molar-refractivity contribution in [2.75, 3.05) is 0 Å².